The van der Waals surface area contributed by atoms with Crippen LogP contribution < -0.4 is 0 Å². The Labute approximate surface area is 97.2 Å². The zero-order chi connectivity index (χ0) is 11.3. The maximum absolute atomic E-state index is 13.3. The van der Waals surface area contributed by atoms with Gasteiger partial charge in [0, 0.05) is 24.0 Å². The van der Waals surface area contributed by atoms with Crippen molar-refractivity contribution in [3.8, 4) is 0 Å². The van der Waals surface area contributed by atoms with Gasteiger partial charge in [-0.2, -0.15) is 0 Å². The largest absolute Gasteiger partial charge is 0.298 e. The number of benzene rings is 1. The van der Waals surface area contributed by atoms with Crippen LogP contribution in [0.3, 0.4) is 0 Å². The molecule has 4 heteroatoms. The maximum atomic E-state index is 13.3. The topological polar surface area (TPSA) is 3.24 Å². The molecule has 0 unspecified atom stereocenters. The van der Waals surface area contributed by atoms with Gasteiger partial charge in [-0.1, -0.05) is 22.9 Å². The molecule has 0 saturated carbocycles. The molecule has 84 valence electrons. The number of nitrogens with zero attached hydrogens (tertiary/aromatic N) is 1. The summed E-state index contributed by atoms with van der Waals surface area (Å²) >= 11 is 3.33. The second kappa shape index (κ2) is 6.18. The first-order valence-electron chi connectivity index (χ1n) is 4.89. The fourth-order valence-corrected chi connectivity index (χ4v) is 1.88. The molecule has 0 spiro atoms. The van der Waals surface area contributed by atoms with Crippen molar-refractivity contribution in [3.05, 3.63) is 35.4 Å². The normalized spacial score (nSPS) is 11.0. The minimum Gasteiger partial charge on any atom is -0.298 e. The second-order valence-electron chi connectivity index (χ2n) is 3.29. The van der Waals surface area contributed by atoms with E-state index in [0.29, 0.717) is 12.1 Å². The molecular weight excluding hydrogens is 264 g/mol. The molecular formula is C11H14BrF2N. The number of halogens is 3. The summed E-state index contributed by atoms with van der Waals surface area (Å²) in [6, 6.07) is 3.57. The standard InChI is InChI=1S/C11H14BrF2N/c1-2-15(6-5-12)8-9-7-10(13)3-4-11(9)14/h3-4,7H,2,5-6,8H2,1H3. The lowest BCUT2D eigenvalue weighted by molar-refractivity contribution is 0.294. The van der Waals surface area contributed by atoms with Gasteiger partial charge >= 0.3 is 0 Å². The van der Waals surface area contributed by atoms with Gasteiger partial charge in [-0.15, -0.1) is 0 Å². The minimum absolute atomic E-state index is 0.343. The van der Waals surface area contributed by atoms with Gasteiger partial charge in [-0.3, -0.25) is 4.90 Å². The predicted octanol–water partition coefficient (Wildman–Crippen LogP) is 3.18. The molecule has 0 fully saturated rings. The summed E-state index contributed by atoms with van der Waals surface area (Å²) in [5.74, 6) is -0.731. The molecule has 0 N–H and O–H groups in total. The Kier molecular flexibility index (Phi) is 5.19. The summed E-state index contributed by atoms with van der Waals surface area (Å²) in [7, 11) is 0. The summed E-state index contributed by atoms with van der Waals surface area (Å²) < 4.78 is 26.2. The van der Waals surface area contributed by atoms with Gasteiger partial charge < -0.3 is 0 Å². The molecule has 0 amide bonds. The van der Waals surface area contributed by atoms with Crippen LogP contribution in [0.1, 0.15) is 12.5 Å². The van der Waals surface area contributed by atoms with Crippen LogP contribution in [-0.2, 0) is 6.54 Å². The summed E-state index contributed by atoms with van der Waals surface area (Å²) in [4.78, 5) is 2.05. The van der Waals surface area contributed by atoms with E-state index in [2.05, 4.69) is 15.9 Å². The molecule has 1 nitrogen and oxygen atoms in total. The highest BCUT2D eigenvalue weighted by Gasteiger charge is 2.08. The first-order chi connectivity index (χ1) is 7.17. The fourth-order valence-electron chi connectivity index (χ4n) is 1.37. The molecule has 0 heterocycles. The average Bonchev–Trinajstić information content (AvgIpc) is 2.22. The van der Waals surface area contributed by atoms with E-state index in [1.165, 1.54) is 12.1 Å². The molecule has 0 bridgehead atoms. The molecule has 1 rings (SSSR count). The molecule has 0 atom stereocenters. The van der Waals surface area contributed by atoms with Crippen molar-refractivity contribution in [1.82, 2.24) is 4.90 Å². The number of hydrogen-bond acceptors (Lipinski definition) is 1. The lowest BCUT2D eigenvalue weighted by atomic mass is 10.2. The van der Waals surface area contributed by atoms with Crippen molar-refractivity contribution in [2.45, 2.75) is 13.5 Å². The van der Waals surface area contributed by atoms with Crippen LogP contribution in [0.5, 0.6) is 0 Å². The highest BCUT2D eigenvalue weighted by Crippen LogP contribution is 2.12. The SMILES string of the molecule is CCN(CCBr)Cc1cc(F)ccc1F. The van der Waals surface area contributed by atoms with Crippen molar-refractivity contribution in [3.63, 3.8) is 0 Å². The predicted molar refractivity (Wildman–Crippen MR) is 61.1 cm³/mol. The third-order valence-electron chi connectivity index (χ3n) is 2.25. The van der Waals surface area contributed by atoms with E-state index in [-0.39, 0.29) is 11.6 Å². The van der Waals surface area contributed by atoms with Crippen LogP contribution in [0.15, 0.2) is 18.2 Å². The van der Waals surface area contributed by atoms with E-state index in [9.17, 15) is 8.78 Å². The smallest absolute Gasteiger partial charge is 0.127 e. The molecule has 1 aromatic carbocycles. The molecule has 0 radical (unpaired) electrons. The van der Waals surface area contributed by atoms with Gasteiger partial charge in [0.15, 0.2) is 0 Å². The summed E-state index contributed by atoms with van der Waals surface area (Å²) in [6.45, 7) is 4.10. The van der Waals surface area contributed by atoms with Crippen molar-refractivity contribution in [1.29, 1.82) is 0 Å². The van der Waals surface area contributed by atoms with Crippen LogP contribution in [0.2, 0.25) is 0 Å². The van der Waals surface area contributed by atoms with Gasteiger partial charge in [0.05, 0.1) is 0 Å². The summed E-state index contributed by atoms with van der Waals surface area (Å²) in [5.41, 5.74) is 0.415. The number of alkyl halides is 1. The lowest BCUT2D eigenvalue weighted by Gasteiger charge is -2.19. The fraction of sp³-hybridized carbons (Fsp3) is 0.455. The molecule has 0 aliphatic carbocycles. The van der Waals surface area contributed by atoms with E-state index in [0.717, 1.165) is 24.5 Å². The molecule has 0 saturated heterocycles. The molecule has 0 aromatic heterocycles. The maximum Gasteiger partial charge on any atom is 0.127 e. The average molecular weight is 278 g/mol. The van der Waals surface area contributed by atoms with Gasteiger partial charge in [0.2, 0.25) is 0 Å². The third-order valence-corrected chi connectivity index (χ3v) is 2.60. The Bertz CT molecular complexity index is 317. The van der Waals surface area contributed by atoms with Crippen molar-refractivity contribution < 1.29 is 8.78 Å². The highest BCUT2D eigenvalue weighted by molar-refractivity contribution is 9.09. The molecule has 0 aliphatic heterocycles. The molecule has 0 aliphatic rings. The van der Waals surface area contributed by atoms with E-state index in [4.69, 9.17) is 0 Å². The van der Waals surface area contributed by atoms with Gasteiger partial charge in [-0.05, 0) is 24.7 Å². The zero-order valence-corrected chi connectivity index (χ0v) is 10.2. The van der Waals surface area contributed by atoms with Crippen LogP contribution >= 0.6 is 15.9 Å². The Morgan fingerprint density at radius 2 is 2.07 bits per heavy atom. The van der Waals surface area contributed by atoms with Gasteiger partial charge in [-0.25, -0.2) is 8.78 Å². The molecule has 1 aromatic rings. The Balaban J connectivity index is 2.73. The van der Waals surface area contributed by atoms with Gasteiger partial charge in [0.1, 0.15) is 11.6 Å². The minimum atomic E-state index is -0.388. The lowest BCUT2D eigenvalue weighted by Crippen LogP contribution is -2.25. The van der Waals surface area contributed by atoms with E-state index >= 15 is 0 Å². The Hall–Kier alpha value is -0.480. The van der Waals surface area contributed by atoms with Crippen molar-refractivity contribution in [2.24, 2.45) is 0 Å². The van der Waals surface area contributed by atoms with Crippen molar-refractivity contribution >= 4 is 15.9 Å². The van der Waals surface area contributed by atoms with Crippen molar-refractivity contribution in [2.75, 3.05) is 18.4 Å². The van der Waals surface area contributed by atoms with E-state index in [1.54, 1.807) is 0 Å². The third kappa shape index (κ3) is 3.87. The monoisotopic (exact) mass is 277 g/mol. The van der Waals surface area contributed by atoms with Gasteiger partial charge in [0.25, 0.3) is 0 Å². The molecule has 15 heavy (non-hydrogen) atoms. The zero-order valence-electron chi connectivity index (χ0n) is 8.64. The van der Waals surface area contributed by atoms with Crippen LogP contribution in [-0.4, -0.2) is 23.3 Å². The quantitative estimate of drug-likeness (QED) is 0.748. The Morgan fingerprint density at radius 1 is 1.33 bits per heavy atom. The second-order valence-corrected chi connectivity index (χ2v) is 4.09. The first kappa shape index (κ1) is 12.6. The van der Waals surface area contributed by atoms with Crippen LogP contribution in [0.25, 0.3) is 0 Å². The number of rotatable bonds is 5. The first-order valence-corrected chi connectivity index (χ1v) is 6.01. The summed E-state index contributed by atoms with van der Waals surface area (Å²) in [6.07, 6.45) is 0. The van der Waals surface area contributed by atoms with E-state index < -0.39 is 0 Å². The number of hydrogen-bond donors (Lipinski definition) is 0. The van der Waals surface area contributed by atoms with Crippen LogP contribution in [0, 0.1) is 11.6 Å². The van der Waals surface area contributed by atoms with Crippen LogP contribution in [0.4, 0.5) is 8.78 Å². The summed E-state index contributed by atoms with van der Waals surface area (Å²) in [5, 5.41) is 0.831. The Morgan fingerprint density at radius 3 is 2.67 bits per heavy atom. The highest BCUT2D eigenvalue weighted by atomic mass is 79.9. The van der Waals surface area contributed by atoms with E-state index in [1.807, 2.05) is 11.8 Å².